The molecule has 0 N–H and O–H groups in total. The smallest absolute Gasteiger partial charge is 0.227 e. The monoisotopic (exact) mass is 340 g/mol. The van der Waals surface area contributed by atoms with Crippen LogP contribution < -0.4 is 4.90 Å². The van der Waals surface area contributed by atoms with Crippen LogP contribution in [0, 0.1) is 16.7 Å². The van der Waals surface area contributed by atoms with Crippen LogP contribution in [0.15, 0.2) is 24.3 Å². The normalized spacial score (nSPS) is 19.6. The number of anilines is 1. The van der Waals surface area contributed by atoms with E-state index in [-0.39, 0.29) is 11.3 Å². The first-order valence-electron chi connectivity index (χ1n) is 9.64. The first-order chi connectivity index (χ1) is 11.8. The minimum Gasteiger partial charge on any atom is -0.311 e. The topological polar surface area (TPSA) is 44.1 Å². The molecule has 0 spiro atoms. The maximum Gasteiger partial charge on any atom is 0.227 e. The van der Waals surface area contributed by atoms with Crippen molar-refractivity contribution in [3.05, 3.63) is 29.8 Å². The summed E-state index contributed by atoms with van der Waals surface area (Å²) >= 11 is 0. The molecule has 0 fully saturated rings. The minimum absolute atomic E-state index is 0.159. The van der Waals surface area contributed by atoms with Gasteiger partial charge in [0.2, 0.25) is 5.91 Å². The molecule has 1 aliphatic rings. The predicted molar refractivity (Wildman–Crippen MR) is 104 cm³/mol. The van der Waals surface area contributed by atoms with Crippen LogP contribution in [-0.2, 0) is 10.2 Å². The summed E-state index contributed by atoms with van der Waals surface area (Å²) in [7, 11) is 0. The Morgan fingerprint density at radius 1 is 1.24 bits per heavy atom. The molecule has 1 amide bonds. The van der Waals surface area contributed by atoms with Gasteiger partial charge < -0.3 is 4.90 Å². The van der Waals surface area contributed by atoms with Crippen LogP contribution in [0.25, 0.3) is 0 Å². The first kappa shape index (κ1) is 19.5. The van der Waals surface area contributed by atoms with Gasteiger partial charge in [-0.3, -0.25) is 4.79 Å². The SMILES string of the molecule is CCCCCCCC(=O)N1CC(C)(CC(C)(C)C#N)c2ccccc21. The summed E-state index contributed by atoms with van der Waals surface area (Å²) in [5.41, 5.74) is 1.68. The summed E-state index contributed by atoms with van der Waals surface area (Å²) in [6.45, 7) is 9.05. The van der Waals surface area contributed by atoms with E-state index in [9.17, 15) is 10.1 Å². The summed E-state index contributed by atoms with van der Waals surface area (Å²) in [6, 6.07) is 10.6. The van der Waals surface area contributed by atoms with Gasteiger partial charge in [0.05, 0.1) is 11.5 Å². The number of unbranched alkanes of at least 4 members (excludes halogenated alkanes) is 4. The highest BCUT2D eigenvalue weighted by molar-refractivity contribution is 5.96. The average molecular weight is 341 g/mol. The third-order valence-electron chi connectivity index (χ3n) is 5.28. The van der Waals surface area contributed by atoms with Gasteiger partial charge >= 0.3 is 0 Å². The molecule has 1 heterocycles. The molecule has 1 aliphatic heterocycles. The number of hydrogen-bond acceptors (Lipinski definition) is 2. The fraction of sp³-hybridized carbons (Fsp3) is 0.636. The standard InChI is InChI=1S/C22H32N2O/c1-5-6-7-8-9-14-20(25)24-17-22(4,15-21(2,3)16-23)18-12-10-11-13-19(18)24/h10-13H,5-9,14-15,17H2,1-4H3. The summed E-state index contributed by atoms with van der Waals surface area (Å²) in [4.78, 5) is 14.8. The molecule has 0 bridgehead atoms. The Bertz CT molecular complexity index is 644. The van der Waals surface area contributed by atoms with Gasteiger partial charge in [-0.25, -0.2) is 0 Å². The van der Waals surface area contributed by atoms with Gasteiger partial charge in [0.1, 0.15) is 0 Å². The van der Waals surface area contributed by atoms with E-state index < -0.39 is 5.41 Å². The van der Waals surface area contributed by atoms with Gasteiger partial charge in [0, 0.05) is 24.1 Å². The number of fused-ring (bicyclic) bond motifs is 1. The average Bonchev–Trinajstić information content (AvgIpc) is 2.87. The van der Waals surface area contributed by atoms with Crippen molar-refractivity contribution in [2.24, 2.45) is 5.41 Å². The molecule has 2 rings (SSSR count). The molecular formula is C22H32N2O. The Balaban J connectivity index is 2.12. The second-order valence-corrected chi connectivity index (χ2v) is 8.39. The van der Waals surface area contributed by atoms with Crippen LogP contribution in [-0.4, -0.2) is 12.5 Å². The van der Waals surface area contributed by atoms with Crippen molar-refractivity contribution in [1.29, 1.82) is 5.26 Å². The molecule has 0 saturated carbocycles. The number of nitriles is 1. The third-order valence-corrected chi connectivity index (χ3v) is 5.28. The van der Waals surface area contributed by atoms with Crippen LogP contribution >= 0.6 is 0 Å². The molecule has 0 radical (unpaired) electrons. The number of rotatable bonds is 8. The lowest BCUT2D eigenvalue weighted by Crippen LogP contribution is -2.37. The molecule has 25 heavy (non-hydrogen) atoms. The van der Waals surface area contributed by atoms with Crippen LogP contribution in [0.5, 0.6) is 0 Å². The van der Waals surface area contributed by atoms with Crippen molar-refractivity contribution in [2.75, 3.05) is 11.4 Å². The van der Waals surface area contributed by atoms with Crippen molar-refractivity contribution < 1.29 is 4.79 Å². The fourth-order valence-electron chi connectivity index (χ4n) is 4.14. The molecule has 1 aromatic rings. The van der Waals surface area contributed by atoms with E-state index in [0.717, 1.165) is 24.9 Å². The number of para-hydroxylation sites is 1. The van der Waals surface area contributed by atoms with E-state index in [2.05, 4.69) is 32.0 Å². The Morgan fingerprint density at radius 2 is 1.92 bits per heavy atom. The number of amides is 1. The number of benzene rings is 1. The van der Waals surface area contributed by atoms with Crippen molar-refractivity contribution in [2.45, 2.75) is 78.1 Å². The van der Waals surface area contributed by atoms with Crippen molar-refractivity contribution in [3.8, 4) is 6.07 Å². The lowest BCUT2D eigenvalue weighted by molar-refractivity contribution is -0.118. The highest BCUT2D eigenvalue weighted by atomic mass is 16.2. The molecule has 1 atom stereocenters. The zero-order valence-corrected chi connectivity index (χ0v) is 16.3. The zero-order valence-electron chi connectivity index (χ0n) is 16.3. The van der Waals surface area contributed by atoms with E-state index in [4.69, 9.17) is 0 Å². The number of nitrogens with zero attached hydrogens (tertiary/aromatic N) is 2. The largest absolute Gasteiger partial charge is 0.311 e. The van der Waals surface area contributed by atoms with E-state index in [0.29, 0.717) is 13.0 Å². The highest BCUT2D eigenvalue weighted by Gasteiger charge is 2.43. The van der Waals surface area contributed by atoms with Gasteiger partial charge in [0.15, 0.2) is 0 Å². The summed E-state index contributed by atoms with van der Waals surface area (Å²) in [6.07, 6.45) is 7.17. The zero-order chi connectivity index (χ0) is 18.5. The van der Waals surface area contributed by atoms with E-state index in [1.807, 2.05) is 30.9 Å². The lowest BCUT2D eigenvalue weighted by atomic mass is 9.72. The molecular weight excluding hydrogens is 308 g/mol. The Labute approximate surface area is 153 Å². The molecule has 3 heteroatoms. The predicted octanol–water partition coefficient (Wildman–Crippen LogP) is 5.59. The first-order valence-corrected chi connectivity index (χ1v) is 9.64. The van der Waals surface area contributed by atoms with Crippen LogP contribution in [0.3, 0.4) is 0 Å². The summed E-state index contributed by atoms with van der Waals surface area (Å²) < 4.78 is 0. The maximum absolute atomic E-state index is 12.8. The highest BCUT2D eigenvalue weighted by Crippen LogP contribution is 2.46. The molecule has 0 saturated heterocycles. The van der Waals surface area contributed by atoms with Gasteiger partial charge in [-0.15, -0.1) is 0 Å². The molecule has 1 aromatic carbocycles. The van der Waals surface area contributed by atoms with Crippen LogP contribution in [0.1, 0.15) is 78.2 Å². The number of carbonyl (C=O) groups excluding carboxylic acids is 1. The second kappa shape index (κ2) is 8.04. The fourth-order valence-corrected chi connectivity index (χ4v) is 4.14. The van der Waals surface area contributed by atoms with Gasteiger partial charge in [-0.1, -0.05) is 57.7 Å². The lowest BCUT2D eigenvalue weighted by Gasteiger charge is -2.31. The molecule has 0 aromatic heterocycles. The van der Waals surface area contributed by atoms with E-state index in [1.54, 1.807) is 0 Å². The maximum atomic E-state index is 12.8. The van der Waals surface area contributed by atoms with Crippen molar-refractivity contribution in [3.63, 3.8) is 0 Å². The Morgan fingerprint density at radius 3 is 2.60 bits per heavy atom. The Hall–Kier alpha value is -1.82. The summed E-state index contributed by atoms with van der Waals surface area (Å²) in [5, 5.41) is 9.45. The second-order valence-electron chi connectivity index (χ2n) is 8.39. The quantitative estimate of drug-likeness (QED) is 0.579. The minimum atomic E-state index is -0.402. The molecule has 0 aliphatic carbocycles. The number of hydrogen-bond donors (Lipinski definition) is 0. The summed E-state index contributed by atoms with van der Waals surface area (Å²) in [5.74, 6) is 0.224. The third kappa shape index (κ3) is 4.63. The van der Waals surface area contributed by atoms with Crippen LogP contribution in [0.2, 0.25) is 0 Å². The number of carbonyl (C=O) groups is 1. The van der Waals surface area contributed by atoms with Gasteiger partial charge in [-0.2, -0.15) is 5.26 Å². The molecule has 136 valence electrons. The molecule has 1 unspecified atom stereocenters. The van der Waals surface area contributed by atoms with E-state index >= 15 is 0 Å². The van der Waals surface area contributed by atoms with Crippen LogP contribution in [0.4, 0.5) is 5.69 Å². The van der Waals surface area contributed by atoms with Gasteiger partial charge in [-0.05, 0) is 38.3 Å². The van der Waals surface area contributed by atoms with Crippen molar-refractivity contribution >= 4 is 11.6 Å². The Kier molecular flexibility index (Phi) is 6.27. The van der Waals surface area contributed by atoms with Crippen molar-refractivity contribution in [1.82, 2.24) is 0 Å². The van der Waals surface area contributed by atoms with Gasteiger partial charge in [0.25, 0.3) is 0 Å². The molecule has 3 nitrogen and oxygen atoms in total. The van der Waals surface area contributed by atoms with E-state index in [1.165, 1.54) is 24.8 Å².